The summed E-state index contributed by atoms with van der Waals surface area (Å²) in [4.78, 5) is 29.8. The number of nitrogens with one attached hydrogen (secondary N) is 1. The molecule has 0 aliphatic carbocycles. The molecule has 0 unspecified atom stereocenters. The van der Waals surface area contributed by atoms with E-state index in [-0.39, 0.29) is 36.8 Å². The van der Waals surface area contributed by atoms with Crippen molar-refractivity contribution in [1.82, 2.24) is 20.0 Å². The SMILES string of the molecule is CC(C)NC(=O)CN(C)CC(=O)N1CCN(Cc2c(F)cccc2Cl)CC1. The van der Waals surface area contributed by atoms with Gasteiger partial charge in [0, 0.05) is 49.4 Å². The van der Waals surface area contributed by atoms with Gasteiger partial charge in [-0.3, -0.25) is 19.4 Å². The topological polar surface area (TPSA) is 55.9 Å². The molecule has 0 bridgehead atoms. The van der Waals surface area contributed by atoms with Crippen molar-refractivity contribution >= 4 is 23.4 Å². The second kappa shape index (κ2) is 10.0. The van der Waals surface area contributed by atoms with Crippen molar-refractivity contribution in [3.63, 3.8) is 0 Å². The smallest absolute Gasteiger partial charge is 0.236 e. The van der Waals surface area contributed by atoms with Gasteiger partial charge in [0.1, 0.15) is 5.82 Å². The Balaban J connectivity index is 1.78. The van der Waals surface area contributed by atoms with Crippen LogP contribution in [0.3, 0.4) is 0 Å². The third-order valence-electron chi connectivity index (χ3n) is 4.44. The van der Waals surface area contributed by atoms with Crippen LogP contribution in [0.25, 0.3) is 0 Å². The number of carbonyl (C=O) groups excluding carboxylic acids is 2. The number of hydrogen-bond donors (Lipinski definition) is 1. The summed E-state index contributed by atoms with van der Waals surface area (Å²) in [7, 11) is 1.76. The van der Waals surface area contributed by atoms with E-state index < -0.39 is 0 Å². The van der Waals surface area contributed by atoms with E-state index in [1.165, 1.54) is 6.07 Å². The largest absolute Gasteiger partial charge is 0.353 e. The Morgan fingerprint density at radius 2 is 1.89 bits per heavy atom. The van der Waals surface area contributed by atoms with Gasteiger partial charge >= 0.3 is 0 Å². The monoisotopic (exact) mass is 398 g/mol. The maximum Gasteiger partial charge on any atom is 0.236 e. The van der Waals surface area contributed by atoms with Gasteiger partial charge in [0.15, 0.2) is 0 Å². The number of halogens is 2. The van der Waals surface area contributed by atoms with Gasteiger partial charge < -0.3 is 10.2 Å². The summed E-state index contributed by atoms with van der Waals surface area (Å²) in [6.07, 6.45) is 0. The van der Waals surface area contributed by atoms with E-state index >= 15 is 0 Å². The van der Waals surface area contributed by atoms with Crippen molar-refractivity contribution < 1.29 is 14.0 Å². The van der Waals surface area contributed by atoms with Crippen molar-refractivity contribution in [2.45, 2.75) is 26.4 Å². The van der Waals surface area contributed by atoms with Crippen LogP contribution in [0, 0.1) is 5.82 Å². The first-order chi connectivity index (χ1) is 12.8. The quantitative estimate of drug-likeness (QED) is 0.757. The van der Waals surface area contributed by atoms with E-state index in [2.05, 4.69) is 10.2 Å². The first kappa shape index (κ1) is 21.6. The summed E-state index contributed by atoms with van der Waals surface area (Å²) in [6, 6.07) is 4.77. The minimum absolute atomic E-state index is 0.00146. The van der Waals surface area contributed by atoms with Crippen LogP contribution in [0.4, 0.5) is 4.39 Å². The zero-order chi connectivity index (χ0) is 20.0. The van der Waals surface area contributed by atoms with Crippen molar-refractivity contribution in [1.29, 1.82) is 0 Å². The van der Waals surface area contributed by atoms with E-state index in [4.69, 9.17) is 11.6 Å². The predicted molar refractivity (Wildman–Crippen MR) is 104 cm³/mol. The number of nitrogens with zero attached hydrogens (tertiary/aromatic N) is 3. The van der Waals surface area contributed by atoms with E-state index in [0.717, 1.165) is 0 Å². The molecule has 1 aromatic rings. The van der Waals surface area contributed by atoms with Gasteiger partial charge in [-0.05, 0) is 33.0 Å². The highest BCUT2D eigenvalue weighted by molar-refractivity contribution is 6.31. The summed E-state index contributed by atoms with van der Waals surface area (Å²) < 4.78 is 13.9. The van der Waals surface area contributed by atoms with Gasteiger partial charge in [0.2, 0.25) is 11.8 Å². The van der Waals surface area contributed by atoms with Crippen LogP contribution in [0.5, 0.6) is 0 Å². The Morgan fingerprint density at radius 1 is 1.22 bits per heavy atom. The van der Waals surface area contributed by atoms with Crippen LogP contribution >= 0.6 is 11.6 Å². The summed E-state index contributed by atoms with van der Waals surface area (Å²) in [5.41, 5.74) is 0.495. The molecule has 150 valence electrons. The molecule has 1 saturated heterocycles. The summed E-state index contributed by atoms with van der Waals surface area (Å²) >= 11 is 6.09. The minimum Gasteiger partial charge on any atom is -0.353 e. The van der Waals surface area contributed by atoms with E-state index in [0.29, 0.717) is 43.3 Å². The molecule has 1 aromatic carbocycles. The standard InChI is InChI=1S/C19H28ClFN4O2/c1-14(2)22-18(26)12-23(3)13-19(27)25-9-7-24(8-10-25)11-15-16(20)5-4-6-17(15)21/h4-6,14H,7-13H2,1-3H3,(H,22,26). The van der Waals surface area contributed by atoms with Crippen molar-refractivity contribution in [2.24, 2.45) is 0 Å². The normalized spacial score (nSPS) is 15.4. The molecule has 0 atom stereocenters. The number of carbonyl (C=O) groups is 2. The maximum absolute atomic E-state index is 13.9. The van der Waals surface area contributed by atoms with Gasteiger partial charge in [0.25, 0.3) is 0 Å². The van der Waals surface area contributed by atoms with E-state index in [1.54, 1.807) is 29.0 Å². The number of rotatable bonds is 7. The maximum atomic E-state index is 13.9. The van der Waals surface area contributed by atoms with Crippen LogP contribution in [0.2, 0.25) is 5.02 Å². The van der Waals surface area contributed by atoms with Crippen LogP contribution in [-0.4, -0.2) is 78.9 Å². The molecule has 0 aromatic heterocycles. The lowest BCUT2D eigenvalue weighted by atomic mass is 10.2. The lowest BCUT2D eigenvalue weighted by Gasteiger charge is -2.35. The summed E-state index contributed by atoms with van der Waals surface area (Å²) in [5.74, 6) is -0.396. The highest BCUT2D eigenvalue weighted by atomic mass is 35.5. The predicted octanol–water partition coefficient (Wildman–Crippen LogP) is 1.58. The second-order valence-electron chi connectivity index (χ2n) is 7.25. The molecular formula is C19H28ClFN4O2. The lowest BCUT2D eigenvalue weighted by molar-refractivity contribution is -0.134. The number of hydrogen-bond acceptors (Lipinski definition) is 4. The molecule has 0 spiro atoms. The first-order valence-electron chi connectivity index (χ1n) is 9.17. The number of piperazine rings is 1. The molecule has 27 heavy (non-hydrogen) atoms. The molecule has 2 amide bonds. The molecule has 1 heterocycles. The molecule has 0 saturated carbocycles. The fourth-order valence-corrected chi connectivity index (χ4v) is 3.28. The molecular weight excluding hydrogens is 371 g/mol. The average molecular weight is 399 g/mol. The number of amides is 2. The Hall–Kier alpha value is -1.70. The van der Waals surface area contributed by atoms with Gasteiger partial charge in [-0.15, -0.1) is 0 Å². The molecule has 8 heteroatoms. The van der Waals surface area contributed by atoms with Crippen LogP contribution in [0.1, 0.15) is 19.4 Å². The van der Waals surface area contributed by atoms with E-state index in [9.17, 15) is 14.0 Å². The van der Waals surface area contributed by atoms with E-state index in [1.807, 2.05) is 13.8 Å². The average Bonchev–Trinajstić information content (AvgIpc) is 2.57. The fourth-order valence-electron chi connectivity index (χ4n) is 3.06. The zero-order valence-corrected chi connectivity index (χ0v) is 16.9. The molecule has 2 rings (SSSR count). The Morgan fingerprint density at radius 3 is 2.48 bits per heavy atom. The van der Waals surface area contributed by atoms with Gasteiger partial charge in [-0.1, -0.05) is 17.7 Å². The van der Waals surface area contributed by atoms with Gasteiger partial charge in [0.05, 0.1) is 13.1 Å². The number of benzene rings is 1. The third-order valence-corrected chi connectivity index (χ3v) is 4.79. The first-order valence-corrected chi connectivity index (χ1v) is 9.55. The van der Waals surface area contributed by atoms with Crippen LogP contribution in [-0.2, 0) is 16.1 Å². The Labute approximate surface area is 165 Å². The third kappa shape index (κ3) is 6.75. The fraction of sp³-hybridized carbons (Fsp3) is 0.579. The van der Waals surface area contributed by atoms with Gasteiger partial charge in [-0.25, -0.2) is 4.39 Å². The number of likely N-dealkylation sites (N-methyl/N-ethyl adjacent to an activating group) is 1. The van der Waals surface area contributed by atoms with Crippen molar-refractivity contribution in [2.75, 3.05) is 46.3 Å². The molecule has 1 N–H and O–H groups in total. The zero-order valence-electron chi connectivity index (χ0n) is 16.2. The van der Waals surface area contributed by atoms with Crippen molar-refractivity contribution in [3.8, 4) is 0 Å². The molecule has 1 fully saturated rings. The molecule has 0 radical (unpaired) electrons. The molecule has 6 nitrogen and oxygen atoms in total. The summed E-state index contributed by atoms with van der Waals surface area (Å²) in [5, 5.41) is 3.24. The Bertz CT molecular complexity index is 643. The van der Waals surface area contributed by atoms with Crippen molar-refractivity contribution in [3.05, 3.63) is 34.6 Å². The second-order valence-corrected chi connectivity index (χ2v) is 7.66. The Kier molecular flexibility index (Phi) is 8.01. The lowest BCUT2D eigenvalue weighted by Crippen LogP contribution is -2.51. The highest BCUT2D eigenvalue weighted by Crippen LogP contribution is 2.21. The minimum atomic E-state index is -0.303. The van der Waals surface area contributed by atoms with Crippen LogP contribution < -0.4 is 5.32 Å². The highest BCUT2D eigenvalue weighted by Gasteiger charge is 2.23. The van der Waals surface area contributed by atoms with Gasteiger partial charge in [-0.2, -0.15) is 0 Å². The molecule has 1 aliphatic rings. The van der Waals surface area contributed by atoms with Crippen LogP contribution in [0.15, 0.2) is 18.2 Å². The molecule has 1 aliphatic heterocycles. The summed E-state index contributed by atoms with van der Waals surface area (Å²) in [6.45, 7) is 7.10.